The van der Waals surface area contributed by atoms with Gasteiger partial charge in [-0.15, -0.1) is 0 Å². The topological polar surface area (TPSA) is 32.8 Å². The highest BCUT2D eigenvalue weighted by Crippen LogP contribution is 2.35. The van der Waals surface area contributed by atoms with Gasteiger partial charge in [0.1, 0.15) is 5.75 Å². The fraction of sp³-hybridized carbons (Fsp3) is 0.696. The summed E-state index contributed by atoms with van der Waals surface area (Å²) in [6.45, 7) is 10.8. The van der Waals surface area contributed by atoms with Crippen molar-refractivity contribution in [1.29, 1.82) is 0 Å². The minimum Gasteiger partial charge on any atom is -0.493 e. The molecule has 4 nitrogen and oxygen atoms in total. The molecule has 0 saturated carbocycles. The monoisotopic (exact) mass is 372 g/mol. The number of likely N-dealkylation sites (tertiary alicyclic amines) is 1. The second-order valence-corrected chi connectivity index (χ2v) is 8.26. The SMILES string of the molecule is CCCCN(CCCC)C(=O)CN1C[C@H](c2ccc3c(c2)CCO3)C[C@@H]1C. The molecule has 150 valence electrons. The molecule has 27 heavy (non-hydrogen) atoms. The van der Waals surface area contributed by atoms with Crippen LogP contribution in [0.1, 0.15) is 69.9 Å². The largest absolute Gasteiger partial charge is 0.493 e. The Bertz CT molecular complexity index is 623. The maximum atomic E-state index is 12.9. The molecule has 3 rings (SSSR count). The number of hydrogen-bond acceptors (Lipinski definition) is 3. The zero-order valence-electron chi connectivity index (χ0n) is 17.4. The summed E-state index contributed by atoms with van der Waals surface area (Å²) in [5.41, 5.74) is 2.76. The van der Waals surface area contributed by atoms with Gasteiger partial charge in [-0.3, -0.25) is 9.69 Å². The van der Waals surface area contributed by atoms with E-state index in [4.69, 9.17) is 4.74 Å². The van der Waals surface area contributed by atoms with Crippen molar-refractivity contribution in [1.82, 2.24) is 9.80 Å². The number of unbranched alkanes of at least 4 members (excludes halogenated alkanes) is 2. The predicted molar refractivity (Wildman–Crippen MR) is 110 cm³/mol. The van der Waals surface area contributed by atoms with E-state index in [0.717, 1.165) is 70.5 Å². The number of ether oxygens (including phenoxy) is 1. The van der Waals surface area contributed by atoms with Gasteiger partial charge in [-0.2, -0.15) is 0 Å². The van der Waals surface area contributed by atoms with Crippen LogP contribution in [0.4, 0.5) is 0 Å². The Morgan fingerprint density at radius 3 is 2.67 bits per heavy atom. The van der Waals surface area contributed by atoms with Gasteiger partial charge in [-0.25, -0.2) is 0 Å². The molecule has 0 radical (unpaired) electrons. The maximum Gasteiger partial charge on any atom is 0.236 e. The van der Waals surface area contributed by atoms with Gasteiger partial charge < -0.3 is 9.64 Å². The Labute approximate surface area is 164 Å². The first-order chi connectivity index (χ1) is 13.1. The van der Waals surface area contributed by atoms with E-state index in [0.29, 0.717) is 24.4 Å². The average molecular weight is 373 g/mol. The van der Waals surface area contributed by atoms with Crippen molar-refractivity contribution in [2.24, 2.45) is 0 Å². The van der Waals surface area contributed by atoms with Gasteiger partial charge in [0, 0.05) is 32.1 Å². The van der Waals surface area contributed by atoms with E-state index in [1.807, 2.05) is 0 Å². The molecule has 0 bridgehead atoms. The zero-order chi connectivity index (χ0) is 19.2. The van der Waals surface area contributed by atoms with Gasteiger partial charge in [0.2, 0.25) is 5.91 Å². The fourth-order valence-corrected chi connectivity index (χ4v) is 4.35. The number of nitrogens with zero attached hydrogens (tertiary/aromatic N) is 2. The first-order valence-corrected chi connectivity index (χ1v) is 10.9. The molecule has 0 aliphatic carbocycles. The van der Waals surface area contributed by atoms with Crippen LogP contribution in [-0.2, 0) is 11.2 Å². The molecule has 2 atom stereocenters. The second-order valence-electron chi connectivity index (χ2n) is 8.26. The molecule has 0 spiro atoms. The molecule has 1 aromatic carbocycles. The van der Waals surface area contributed by atoms with Crippen LogP contribution < -0.4 is 4.74 Å². The van der Waals surface area contributed by atoms with Crippen LogP contribution in [0.25, 0.3) is 0 Å². The van der Waals surface area contributed by atoms with E-state index < -0.39 is 0 Å². The minimum atomic E-state index is 0.312. The van der Waals surface area contributed by atoms with Gasteiger partial charge in [0.25, 0.3) is 0 Å². The molecule has 1 amide bonds. The van der Waals surface area contributed by atoms with Crippen LogP contribution in [0.5, 0.6) is 5.75 Å². The third kappa shape index (κ3) is 5.04. The Morgan fingerprint density at radius 1 is 1.22 bits per heavy atom. The molecule has 0 N–H and O–H groups in total. The normalized spacial score (nSPS) is 21.9. The number of hydrogen-bond donors (Lipinski definition) is 0. The number of amides is 1. The van der Waals surface area contributed by atoms with Gasteiger partial charge in [0.05, 0.1) is 13.2 Å². The van der Waals surface area contributed by atoms with Gasteiger partial charge >= 0.3 is 0 Å². The number of benzene rings is 1. The summed E-state index contributed by atoms with van der Waals surface area (Å²) < 4.78 is 5.64. The summed E-state index contributed by atoms with van der Waals surface area (Å²) in [6.07, 6.45) is 6.64. The molecule has 2 aliphatic rings. The van der Waals surface area contributed by atoms with Gasteiger partial charge in [-0.05, 0) is 49.3 Å². The van der Waals surface area contributed by atoms with E-state index in [1.165, 1.54) is 11.1 Å². The average Bonchev–Trinajstić information content (AvgIpc) is 3.28. The number of carbonyl (C=O) groups excluding carboxylic acids is 1. The number of fused-ring (bicyclic) bond motifs is 1. The van der Waals surface area contributed by atoms with Crippen LogP contribution in [-0.4, -0.2) is 54.5 Å². The molecule has 2 aliphatic heterocycles. The van der Waals surface area contributed by atoms with E-state index in [9.17, 15) is 4.79 Å². The van der Waals surface area contributed by atoms with Crippen molar-refractivity contribution >= 4 is 5.91 Å². The summed E-state index contributed by atoms with van der Waals surface area (Å²) in [4.78, 5) is 17.4. The third-order valence-corrected chi connectivity index (χ3v) is 6.14. The summed E-state index contributed by atoms with van der Waals surface area (Å²) in [6, 6.07) is 7.15. The lowest BCUT2D eigenvalue weighted by atomic mass is 9.94. The quantitative estimate of drug-likeness (QED) is 0.650. The summed E-state index contributed by atoms with van der Waals surface area (Å²) in [5, 5.41) is 0. The molecule has 4 heteroatoms. The minimum absolute atomic E-state index is 0.312. The molecular weight excluding hydrogens is 336 g/mol. The van der Waals surface area contributed by atoms with Crippen molar-refractivity contribution in [3.63, 3.8) is 0 Å². The summed E-state index contributed by atoms with van der Waals surface area (Å²) in [7, 11) is 0. The Hall–Kier alpha value is -1.55. The predicted octanol–water partition coefficient (Wildman–Crippen LogP) is 4.23. The molecule has 1 saturated heterocycles. The van der Waals surface area contributed by atoms with E-state index in [1.54, 1.807) is 0 Å². The van der Waals surface area contributed by atoms with E-state index >= 15 is 0 Å². The fourth-order valence-electron chi connectivity index (χ4n) is 4.35. The van der Waals surface area contributed by atoms with Crippen molar-refractivity contribution in [3.05, 3.63) is 29.3 Å². The highest BCUT2D eigenvalue weighted by Gasteiger charge is 2.32. The highest BCUT2D eigenvalue weighted by molar-refractivity contribution is 5.78. The molecule has 0 aromatic heterocycles. The van der Waals surface area contributed by atoms with E-state index in [-0.39, 0.29) is 0 Å². The van der Waals surface area contributed by atoms with Crippen molar-refractivity contribution < 1.29 is 9.53 Å². The highest BCUT2D eigenvalue weighted by atomic mass is 16.5. The lowest BCUT2D eigenvalue weighted by molar-refractivity contribution is -0.132. The van der Waals surface area contributed by atoms with Crippen LogP contribution in [0, 0.1) is 0 Å². The van der Waals surface area contributed by atoms with Crippen LogP contribution in [0.2, 0.25) is 0 Å². The van der Waals surface area contributed by atoms with E-state index in [2.05, 4.69) is 48.8 Å². The van der Waals surface area contributed by atoms with Crippen molar-refractivity contribution in [3.8, 4) is 5.75 Å². The molecule has 1 fully saturated rings. The number of carbonyl (C=O) groups is 1. The van der Waals surface area contributed by atoms with Crippen molar-refractivity contribution in [2.75, 3.05) is 32.8 Å². The second kappa shape index (κ2) is 9.59. The lowest BCUT2D eigenvalue weighted by Crippen LogP contribution is -2.42. The standard InChI is InChI=1S/C23H36N2O2/c1-4-6-11-24(12-7-5-2)23(26)17-25-16-21(14-18(25)3)19-8-9-22-20(15-19)10-13-27-22/h8-9,15,18,21H,4-7,10-14,16-17H2,1-3H3/t18-,21+/m0/s1. The summed E-state index contributed by atoms with van der Waals surface area (Å²) >= 11 is 0. The first kappa shape index (κ1) is 20.2. The smallest absolute Gasteiger partial charge is 0.236 e. The lowest BCUT2D eigenvalue weighted by Gasteiger charge is -2.27. The zero-order valence-corrected chi connectivity index (χ0v) is 17.4. The molecule has 2 heterocycles. The molecule has 0 unspecified atom stereocenters. The van der Waals surface area contributed by atoms with Crippen LogP contribution in [0.3, 0.4) is 0 Å². The summed E-state index contributed by atoms with van der Waals surface area (Å²) in [5.74, 6) is 1.89. The Morgan fingerprint density at radius 2 is 1.96 bits per heavy atom. The Kier molecular flexibility index (Phi) is 7.17. The number of rotatable bonds is 9. The van der Waals surface area contributed by atoms with Crippen LogP contribution >= 0.6 is 0 Å². The first-order valence-electron chi connectivity index (χ1n) is 10.9. The van der Waals surface area contributed by atoms with Gasteiger partial charge in [-0.1, -0.05) is 38.8 Å². The Balaban J connectivity index is 1.59. The maximum absolute atomic E-state index is 12.9. The molecular formula is C23H36N2O2. The van der Waals surface area contributed by atoms with Crippen molar-refractivity contribution in [2.45, 2.75) is 71.3 Å². The molecule has 1 aromatic rings. The van der Waals surface area contributed by atoms with Gasteiger partial charge in [0.15, 0.2) is 0 Å². The van der Waals surface area contributed by atoms with Crippen LogP contribution in [0.15, 0.2) is 18.2 Å². The third-order valence-electron chi connectivity index (χ3n) is 6.14.